The van der Waals surface area contributed by atoms with Gasteiger partial charge in [0, 0.05) is 24.8 Å². The highest BCUT2D eigenvalue weighted by Crippen LogP contribution is 2.30. The standard InChI is InChI=1S/C18H21FN2/c1-13-10-15-4-2-3-5-18(15)21(11-13)12-17(20)14-6-8-16(19)9-7-14/h2-9,13,17H,10-12,20H2,1H3. The molecule has 0 bridgehead atoms. The predicted molar refractivity (Wildman–Crippen MR) is 84.9 cm³/mol. The molecule has 0 aromatic heterocycles. The van der Waals surface area contributed by atoms with Gasteiger partial charge < -0.3 is 10.6 Å². The van der Waals surface area contributed by atoms with Gasteiger partial charge in [-0.1, -0.05) is 37.3 Å². The van der Waals surface area contributed by atoms with Gasteiger partial charge in [-0.25, -0.2) is 4.39 Å². The molecule has 3 rings (SSSR count). The van der Waals surface area contributed by atoms with Crippen LogP contribution in [0.5, 0.6) is 0 Å². The van der Waals surface area contributed by atoms with Crippen LogP contribution in [-0.2, 0) is 6.42 Å². The zero-order valence-electron chi connectivity index (χ0n) is 12.3. The van der Waals surface area contributed by atoms with Gasteiger partial charge in [0.1, 0.15) is 5.82 Å². The lowest BCUT2D eigenvalue weighted by Crippen LogP contribution is -2.39. The lowest BCUT2D eigenvalue weighted by Gasteiger charge is -2.36. The molecule has 0 saturated heterocycles. The smallest absolute Gasteiger partial charge is 0.123 e. The Morgan fingerprint density at radius 3 is 2.67 bits per heavy atom. The molecule has 2 unspecified atom stereocenters. The number of anilines is 1. The van der Waals surface area contributed by atoms with Gasteiger partial charge in [-0.2, -0.15) is 0 Å². The predicted octanol–water partition coefficient (Wildman–Crippen LogP) is 3.52. The molecule has 2 aromatic rings. The fourth-order valence-electron chi connectivity index (χ4n) is 3.13. The van der Waals surface area contributed by atoms with Gasteiger partial charge in [0.15, 0.2) is 0 Å². The molecule has 2 N–H and O–H groups in total. The van der Waals surface area contributed by atoms with Crippen molar-refractivity contribution in [3.63, 3.8) is 0 Å². The van der Waals surface area contributed by atoms with Gasteiger partial charge in [-0.05, 0) is 41.7 Å². The first-order valence-corrected chi connectivity index (χ1v) is 7.47. The second-order valence-corrected chi connectivity index (χ2v) is 6.00. The maximum absolute atomic E-state index is 13.0. The molecular weight excluding hydrogens is 263 g/mol. The van der Waals surface area contributed by atoms with Crippen molar-refractivity contribution >= 4 is 5.69 Å². The third-order valence-corrected chi connectivity index (χ3v) is 4.15. The number of fused-ring (bicyclic) bond motifs is 1. The first-order valence-electron chi connectivity index (χ1n) is 7.47. The summed E-state index contributed by atoms with van der Waals surface area (Å²) in [6.45, 7) is 4.05. The van der Waals surface area contributed by atoms with Crippen molar-refractivity contribution in [1.29, 1.82) is 0 Å². The average molecular weight is 284 g/mol. The first-order chi connectivity index (χ1) is 10.1. The number of benzene rings is 2. The van der Waals surface area contributed by atoms with E-state index in [4.69, 9.17) is 5.73 Å². The number of halogens is 1. The van der Waals surface area contributed by atoms with Gasteiger partial charge in [-0.15, -0.1) is 0 Å². The number of para-hydroxylation sites is 1. The summed E-state index contributed by atoms with van der Waals surface area (Å²) in [5, 5.41) is 0. The summed E-state index contributed by atoms with van der Waals surface area (Å²) in [5.74, 6) is 0.406. The van der Waals surface area contributed by atoms with E-state index in [2.05, 4.69) is 36.1 Å². The van der Waals surface area contributed by atoms with E-state index in [-0.39, 0.29) is 11.9 Å². The SMILES string of the molecule is CC1Cc2ccccc2N(CC(N)c2ccc(F)cc2)C1. The Kier molecular flexibility index (Phi) is 3.93. The minimum absolute atomic E-state index is 0.107. The summed E-state index contributed by atoms with van der Waals surface area (Å²) in [5.41, 5.74) is 9.97. The number of nitrogens with two attached hydrogens (primary N) is 1. The summed E-state index contributed by atoms with van der Waals surface area (Å²) in [6, 6.07) is 14.9. The molecule has 1 aliphatic heterocycles. The minimum atomic E-state index is -0.220. The Balaban J connectivity index is 1.79. The summed E-state index contributed by atoms with van der Waals surface area (Å²) in [7, 11) is 0. The topological polar surface area (TPSA) is 29.3 Å². The zero-order chi connectivity index (χ0) is 14.8. The van der Waals surface area contributed by atoms with Gasteiger partial charge in [0.25, 0.3) is 0 Å². The van der Waals surface area contributed by atoms with Gasteiger partial charge in [0.2, 0.25) is 0 Å². The van der Waals surface area contributed by atoms with E-state index in [9.17, 15) is 4.39 Å². The lowest BCUT2D eigenvalue weighted by molar-refractivity contribution is 0.515. The van der Waals surface area contributed by atoms with Crippen LogP contribution in [0.2, 0.25) is 0 Å². The van der Waals surface area contributed by atoms with Crippen LogP contribution in [-0.4, -0.2) is 13.1 Å². The molecular formula is C18H21FN2. The molecule has 110 valence electrons. The zero-order valence-corrected chi connectivity index (χ0v) is 12.3. The second-order valence-electron chi connectivity index (χ2n) is 6.00. The summed E-state index contributed by atoms with van der Waals surface area (Å²) < 4.78 is 13.0. The summed E-state index contributed by atoms with van der Waals surface area (Å²) in [4.78, 5) is 2.36. The van der Waals surface area contributed by atoms with Crippen molar-refractivity contribution in [3.8, 4) is 0 Å². The van der Waals surface area contributed by atoms with Crippen molar-refractivity contribution in [1.82, 2.24) is 0 Å². The fraction of sp³-hybridized carbons (Fsp3) is 0.333. The van der Waals surface area contributed by atoms with Crippen LogP contribution in [0, 0.1) is 11.7 Å². The molecule has 2 atom stereocenters. The Morgan fingerprint density at radius 1 is 1.19 bits per heavy atom. The third kappa shape index (κ3) is 3.08. The summed E-state index contributed by atoms with van der Waals surface area (Å²) in [6.07, 6.45) is 1.12. The Hall–Kier alpha value is -1.87. The molecule has 3 heteroatoms. The molecule has 0 saturated carbocycles. The van der Waals surface area contributed by atoms with E-state index in [0.717, 1.165) is 25.1 Å². The van der Waals surface area contributed by atoms with Crippen LogP contribution in [0.25, 0.3) is 0 Å². The van der Waals surface area contributed by atoms with Gasteiger partial charge >= 0.3 is 0 Å². The quantitative estimate of drug-likeness (QED) is 0.934. The van der Waals surface area contributed by atoms with Gasteiger partial charge in [0.05, 0.1) is 0 Å². The molecule has 0 radical (unpaired) electrons. The van der Waals surface area contributed by atoms with Crippen LogP contribution < -0.4 is 10.6 Å². The van der Waals surface area contributed by atoms with Crippen molar-refractivity contribution < 1.29 is 4.39 Å². The van der Waals surface area contributed by atoms with E-state index in [1.807, 2.05) is 0 Å². The highest BCUT2D eigenvalue weighted by Gasteiger charge is 2.23. The Morgan fingerprint density at radius 2 is 1.90 bits per heavy atom. The molecule has 1 aliphatic rings. The molecule has 0 fully saturated rings. The summed E-state index contributed by atoms with van der Waals surface area (Å²) >= 11 is 0. The van der Waals surface area contributed by atoms with E-state index < -0.39 is 0 Å². The van der Waals surface area contributed by atoms with E-state index in [0.29, 0.717) is 5.92 Å². The van der Waals surface area contributed by atoms with Crippen LogP contribution >= 0.6 is 0 Å². The van der Waals surface area contributed by atoms with Crippen molar-refractivity contribution in [2.45, 2.75) is 19.4 Å². The molecule has 0 aliphatic carbocycles. The molecule has 2 aromatic carbocycles. The van der Waals surface area contributed by atoms with Crippen molar-refractivity contribution in [2.24, 2.45) is 11.7 Å². The van der Waals surface area contributed by atoms with Crippen LogP contribution in [0.15, 0.2) is 48.5 Å². The molecule has 21 heavy (non-hydrogen) atoms. The largest absolute Gasteiger partial charge is 0.369 e. The molecule has 0 amide bonds. The molecule has 1 heterocycles. The van der Waals surface area contributed by atoms with Crippen LogP contribution in [0.1, 0.15) is 24.1 Å². The third-order valence-electron chi connectivity index (χ3n) is 4.15. The second kappa shape index (κ2) is 5.86. The number of nitrogens with zero attached hydrogens (tertiary/aromatic N) is 1. The van der Waals surface area contributed by atoms with Crippen molar-refractivity contribution in [3.05, 3.63) is 65.5 Å². The van der Waals surface area contributed by atoms with Crippen LogP contribution in [0.4, 0.5) is 10.1 Å². The maximum atomic E-state index is 13.0. The maximum Gasteiger partial charge on any atom is 0.123 e. The van der Waals surface area contributed by atoms with E-state index >= 15 is 0 Å². The van der Waals surface area contributed by atoms with Crippen LogP contribution in [0.3, 0.4) is 0 Å². The highest BCUT2D eigenvalue weighted by atomic mass is 19.1. The molecule has 0 spiro atoms. The highest BCUT2D eigenvalue weighted by molar-refractivity contribution is 5.56. The number of hydrogen-bond donors (Lipinski definition) is 1. The fourth-order valence-corrected chi connectivity index (χ4v) is 3.13. The van der Waals surface area contributed by atoms with E-state index in [1.54, 1.807) is 12.1 Å². The normalized spacial score (nSPS) is 19.2. The Labute approximate surface area is 125 Å². The van der Waals surface area contributed by atoms with E-state index in [1.165, 1.54) is 23.4 Å². The van der Waals surface area contributed by atoms with Crippen molar-refractivity contribution in [2.75, 3.05) is 18.0 Å². The number of hydrogen-bond acceptors (Lipinski definition) is 2. The average Bonchev–Trinajstić information content (AvgIpc) is 2.47. The number of rotatable bonds is 3. The lowest BCUT2D eigenvalue weighted by atomic mass is 9.93. The molecule has 2 nitrogen and oxygen atoms in total. The minimum Gasteiger partial charge on any atom is -0.369 e. The van der Waals surface area contributed by atoms with Gasteiger partial charge in [-0.3, -0.25) is 0 Å². The first kappa shape index (κ1) is 14.1. The monoisotopic (exact) mass is 284 g/mol. The Bertz CT molecular complexity index is 609.